The van der Waals surface area contributed by atoms with Gasteiger partial charge in [0, 0.05) is 16.1 Å². The second kappa shape index (κ2) is 4.52. The predicted molar refractivity (Wildman–Crippen MR) is 68.6 cm³/mol. The van der Waals surface area contributed by atoms with Crippen molar-refractivity contribution in [3.05, 3.63) is 34.5 Å². The third-order valence-electron chi connectivity index (χ3n) is 2.68. The zero-order valence-electron chi connectivity index (χ0n) is 9.80. The van der Waals surface area contributed by atoms with E-state index in [1.165, 1.54) is 15.8 Å². The molecule has 1 nitrogen and oxygen atoms in total. The van der Waals surface area contributed by atoms with Crippen molar-refractivity contribution in [2.75, 3.05) is 7.05 Å². The van der Waals surface area contributed by atoms with Crippen molar-refractivity contribution in [1.82, 2.24) is 5.32 Å². The van der Waals surface area contributed by atoms with Crippen molar-refractivity contribution >= 4 is 21.4 Å². The maximum absolute atomic E-state index is 13.2. The molecule has 0 atom stereocenters. The van der Waals surface area contributed by atoms with E-state index in [2.05, 4.69) is 19.2 Å². The van der Waals surface area contributed by atoms with Gasteiger partial charge >= 0.3 is 0 Å². The van der Waals surface area contributed by atoms with E-state index in [0.717, 1.165) is 11.2 Å². The Morgan fingerprint density at radius 2 is 2.12 bits per heavy atom. The first kappa shape index (κ1) is 11.6. The van der Waals surface area contributed by atoms with E-state index in [-0.39, 0.29) is 5.82 Å². The monoisotopic (exact) mass is 237 g/mol. The van der Waals surface area contributed by atoms with E-state index >= 15 is 0 Å². The van der Waals surface area contributed by atoms with Gasteiger partial charge in [-0.1, -0.05) is 19.9 Å². The van der Waals surface area contributed by atoms with E-state index in [0.29, 0.717) is 5.92 Å². The van der Waals surface area contributed by atoms with Gasteiger partial charge in [0.1, 0.15) is 5.82 Å². The van der Waals surface area contributed by atoms with Gasteiger partial charge in [-0.05, 0) is 36.0 Å². The molecule has 1 heterocycles. The van der Waals surface area contributed by atoms with Crippen LogP contribution >= 0.6 is 11.3 Å². The summed E-state index contributed by atoms with van der Waals surface area (Å²) in [6.45, 7) is 5.22. The Bertz CT molecular complexity index is 502. The number of hydrogen-bond acceptors (Lipinski definition) is 2. The maximum Gasteiger partial charge on any atom is 0.124 e. The van der Waals surface area contributed by atoms with Gasteiger partial charge in [-0.2, -0.15) is 0 Å². The highest BCUT2D eigenvalue weighted by Gasteiger charge is 2.14. The predicted octanol–water partition coefficient (Wildman–Crippen LogP) is 3.88. The van der Waals surface area contributed by atoms with Gasteiger partial charge in [0.25, 0.3) is 0 Å². The molecule has 1 N–H and O–H groups in total. The highest BCUT2D eigenvalue weighted by molar-refractivity contribution is 7.19. The fraction of sp³-hybridized carbons (Fsp3) is 0.385. The van der Waals surface area contributed by atoms with Crippen LogP contribution < -0.4 is 5.32 Å². The van der Waals surface area contributed by atoms with Crippen molar-refractivity contribution in [2.24, 2.45) is 0 Å². The van der Waals surface area contributed by atoms with Crippen LogP contribution in [0.15, 0.2) is 18.2 Å². The van der Waals surface area contributed by atoms with Crippen molar-refractivity contribution in [3.8, 4) is 0 Å². The minimum atomic E-state index is -0.153. The number of rotatable bonds is 3. The second-order valence-corrected chi connectivity index (χ2v) is 5.40. The molecule has 1 aromatic carbocycles. The SMILES string of the molecule is CNCc1sc2cc(F)ccc2c1C(C)C. The lowest BCUT2D eigenvalue weighted by Crippen LogP contribution is -2.05. The molecule has 2 rings (SSSR count). The van der Waals surface area contributed by atoms with E-state index in [1.54, 1.807) is 23.5 Å². The van der Waals surface area contributed by atoms with Gasteiger partial charge in [-0.15, -0.1) is 11.3 Å². The molecule has 1 aromatic heterocycles. The molecule has 0 amide bonds. The molecule has 0 aliphatic heterocycles. The van der Waals surface area contributed by atoms with Gasteiger partial charge in [-0.25, -0.2) is 4.39 Å². The minimum absolute atomic E-state index is 0.153. The van der Waals surface area contributed by atoms with Crippen molar-refractivity contribution < 1.29 is 4.39 Å². The molecule has 0 saturated carbocycles. The minimum Gasteiger partial charge on any atom is -0.315 e. The van der Waals surface area contributed by atoms with Crippen molar-refractivity contribution in [1.29, 1.82) is 0 Å². The summed E-state index contributed by atoms with van der Waals surface area (Å²) in [5.74, 6) is 0.322. The normalized spacial score (nSPS) is 11.6. The summed E-state index contributed by atoms with van der Waals surface area (Å²) in [4.78, 5) is 1.32. The van der Waals surface area contributed by atoms with Crippen LogP contribution in [0.1, 0.15) is 30.2 Å². The van der Waals surface area contributed by atoms with E-state index in [4.69, 9.17) is 0 Å². The summed E-state index contributed by atoms with van der Waals surface area (Å²) in [6.07, 6.45) is 0. The van der Waals surface area contributed by atoms with E-state index in [1.807, 2.05) is 13.1 Å². The summed E-state index contributed by atoms with van der Waals surface area (Å²) in [5.41, 5.74) is 1.36. The molecule has 3 heteroatoms. The third kappa shape index (κ3) is 1.97. The lowest BCUT2D eigenvalue weighted by atomic mass is 9.99. The Kier molecular flexibility index (Phi) is 3.26. The molecular formula is C13H16FNS. The quantitative estimate of drug-likeness (QED) is 0.854. The first-order chi connectivity index (χ1) is 7.63. The van der Waals surface area contributed by atoms with Crippen LogP contribution in [-0.4, -0.2) is 7.05 Å². The Hall–Kier alpha value is -0.930. The van der Waals surface area contributed by atoms with Gasteiger partial charge in [-0.3, -0.25) is 0 Å². The molecule has 0 aliphatic rings. The summed E-state index contributed by atoms with van der Waals surface area (Å²) in [6, 6.07) is 5.07. The second-order valence-electron chi connectivity index (χ2n) is 4.26. The average molecular weight is 237 g/mol. The number of hydrogen-bond donors (Lipinski definition) is 1. The summed E-state index contributed by atoms with van der Waals surface area (Å²) in [7, 11) is 1.94. The standard InChI is InChI=1S/C13H16FNS/c1-8(2)13-10-5-4-9(14)6-11(10)16-12(13)7-15-3/h4-6,8,15H,7H2,1-3H3. The molecule has 0 saturated heterocycles. The lowest BCUT2D eigenvalue weighted by Gasteiger charge is -2.07. The third-order valence-corrected chi connectivity index (χ3v) is 3.85. The van der Waals surface area contributed by atoms with Crippen LogP contribution in [0.4, 0.5) is 4.39 Å². The number of halogens is 1. The van der Waals surface area contributed by atoms with Gasteiger partial charge < -0.3 is 5.32 Å². The molecular weight excluding hydrogens is 221 g/mol. The number of fused-ring (bicyclic) bond motifs is 1. The molecule has 0 bridgehead atoms. The summed E-state index contributed by atoms with van der Waals surface area (Å²) < 4.78 is 14.2. The number of nitrogens with one attached hydrogen (secondary N) is 1. The molecule has 0 radical (unpaired) electrons. The van der Waals surface area contributed by atoms with Crippen LogP contribution in [0, 0.1) is 5.82 Å². The van der Waals surface area contributed by atoms with Gasteiger partial charge in [0.05, 0.1) is 0 Å². The first-order valence-electron chi connectivity index (χ1n) is 5.49. The van der Waals surface area contributed by atoms with Crippen LogP contribution in [0.25, 0.3) is 10.1 Å². The fourth-order valence-electron chi connectivity index (χ4n) is 2.07. The topological polar surface area (TPSA) is 12.0 Å². The molecule has 0 aliphatic carbocycles. The molecule has 0 unspecified atom stereocenters. The number of thiophene rings is 1. The van der Waals surface area contributed by atoms with Crippen LogP contribution in [-0.2, 0) is 6.54 Å². The molecule has 16 heavy (non-hydrogen) atoms. The van der Waals surface area contributed by atoms with Crippen molar-refractivity contribution in [2.45, 2.75) is 26.3 Å². The molecule has 0 spiro atoms. The zero-order chi connectivity index (χ0) is 11.7. The van der Waals surface area contributed by atoms with E-state index in [9.17, 15) is 4.39 Å². The zero-order valence-corrected chi connectivity index (χ0v) is 10.6. The van der Waals surface area contributed by atoms with Crippen LogP contribution in [0.2, 0.25) is 0 Å². The first-order valence-corrected chi connectivity index (χ1v) is 6.30. The smallest absolute Gasteiger partial charge is 0.124 e. The highest BCUT2D eigenvalue weighted by atomic mass is 32.1. The van der Waals surface area contributed by atoms with Gasteiger partial charge in [0.2, 0.25) is 0 Å². The summed E-state index contributed by atoms with van der Waals surface area (Å²) in [5, 5.41) is 4.37. The molecule has 86 valence electrons. The Balaban J connectivity index is 2.65. The maximum atomic E-state index is 13.2. The Morgan fingerprint density at radius 1 is 1.38 bits per heavy atom. The summed E-state index contributed by atoms with van der Waals surface area (Å²) >= 11 is 1.69. The number of benzene rings is 1. The van der Waals surface area contributed by atoms with E-state index < -0.39 is 0 Å². The molecule has 2 aromatic rings. The Morgan fingerprint density at radius 3 is 2.75 bits per heavy atom. The van der Waals surface area contributed by atoms with Gasteiger partial charge in [0.15, 0.2) is 0 Å². The molecule has 0 fully saturated rings. The highest BCUT2D eigenvalue weighted by Crippen LogP contribution is 2.36. The van der Waals surface area contributed by atoms with Crippen LogP contribution in [0.3, 0.4) is 0 Å². The lowest BCUT2D eigenvalue weighted by molar-refractivity contribution is 0.630. The fourth-order valence-corrected chi connectivity index (χ4v) is 3.46. The van der Waals surface area contributed by atoms with Crippen molar-refractivity contribution in [3.63, 3.8) is 0 Å². The Labute approximate surface area is 99.3 Å². The van der Waals surface area contributed by atoms with Crippen LogP contribution in [0.5, 0.6) is 0 Å². The average Bonchev–Trinajstić information content (AvgIpc) is 2.55. The largest absolute Gasteiger partial charge is 0.315 e.